The number of hydrogen-bond acceptors (Lipinski definition) is 4. The summed E-state index contributed by atoms with van der Waals surface area (Å²) in [5.74, 6) is -0.913. The average molecular weight is 287 g/mol. The molecule has 6 nitrogen and oxygen atoms in total. The first kappa shape index (κ1) is 16.8. The molecule has 6 heteroatoms. The molecular formula is C14H25NO5. The number of nitrogens with zero attached hydrogens (tertiary/aromatic N) is 1. The zero-order valence-electron chi connectivity index (χ0n) is 12.8. The zero-order chi connectivity index (χ0) is 15.4. The maximum absolute atomic E-state index is 12.1. The molecule has 0 aromatic rings. The molecule has 1 unspecified atom stereocenters. The molecule has 1 rings (SSSR count). The Morgan fingerprint density at radius 2 is 2.00 bits per heavy atom. The van der Waals surface area contributed by atoms with E-state index in [9.17, 15) is 9.59 Å². The highest BCUT2D eigenvalue weighted by Crippen LogP contribution is 2.29. The van der Waals surface area contributed by atoms with Gasteiger partial charge in [0.15, 0.2) is 0 Å². The van der Waals surface area contributed by atoms with E-state index >= 15 is 0 Å². The molecule has 1 saturated heterocycles. The molecule has 0 radical (unpaired) electrons. The second-order valence-electron chi connectivity index (χ2n) is 6.19. The van der Waals surface area contributed by atoms with Crippen LogP contribution < -0.4 is 0 Å². The summed E-state index contributed by atoms with van der Waals surface area (Å²) in [6.07, 6.45) is 0.853. The van der Waals surface area contributed by atoms with Gasteiger partial charge in [0, 0.05) is 13.2 Å². The van der Waals surface area contributed by atoms with Gasteiger partial charge in [-0.05, 0) is 40.5 Å². The highest BCUT2D eigenvalue weighted by molar-refractivity contribution is 5.70. The van der Waals surface area contributed by atoms with Crippen molar-refractivity contribution in [3.63, 3.8) is 0 Å². The normalized spacial score (nSPS) is 23.5. The Hall–Kier alpha value is -1.30. The summed E-state index contributed by atoms with van der Waals surface area (Å²) in [4.78, 5) is 24.7. The van der Waals surface area contributed by atoms with Gasteiger partial charge in [0.2, 0.25) is 0 Å². The Bertz CT molecular complexity index is 359. The Balaban J connectivity index is 2.76. The SMILES string of the molecule is CCOC1(CC(=O)O)CCCN(C(=O)OC(C)(C)C)C1. The fourth-order valence-corrected chi connectivity index (χ4v) is 2.48. The van der Waals surface area contributed by atoms with Crippen molar-refractivity contribution in [2.45, 2.75) is 58.2 Å². The summed E-state index contributed by atoms with van der Waals surface area (Å²) in [6, 6.07) is 0. The molecule has 1 fully saturated rings. The van der Waals surface area contributed by atoms with Gasteiger partial charge in [-0.2, -0.15) is 0 Å². The maximum Gasteiger partial charge on any atom is 0.410 e. The first-order valence-electron chi connectivity index (χ1n) is 7.01. The summed E-state index contributed by atoms with van der Waals surface area (Å²) < 4.78 is 11.0. The Morgan fingerprint density at radius 3 is 2.50 bits per heavy atom. The molecule has 1 atom stereocenters. The fourth-order valence-electron chi connectivity index (χ4n) is 2.48. The van der Waals surface area contributed by atoms with E-state index in [1.807, 2.05) is 27.7 Å². The highest BCUT2D eigenvalue weighted by Gasteiger charge is 2.40. The van der Waals surface area contributed by atoms with Gasteiger partial charge >= 0.3 is 12.1 Å². The minimum Gasteiger partial charge on any atom is -0.481 e. The van der Waals surface area contributed by atoms with E-state index in [1.165, 1.54) is 0 Å². The molecule has 1 aliphatic heterocycles. The van der Waals surface area contributed by atoms with Crippen LogP contribution in [0.25, 0.3) is 0 Å². The van der Waals surface area contributed by atoms with Crippen LogP contribution in [-0.2, 0) is 14.3 Å². The number of carbonyl (C=O) groups is 2. The number of carbonyl (C=O) groups excluding carboxylic acids is 1. The lowest BCUT2D eigenvalue weighted by molar-refractivity contribution is -0.150. The van der Waals surface area contributed by atoms with E-state index in [-0.39, 0.29) is 13.0 Å². The summed E-state index contributed by atoms with van der Waals surface area (Å²) in [5, 5.41) is 9.05. The number of carboxylic acids is 1. The molecular weight excluding hydrogens is 262 g/mol. The first-order valence-corrected chi connectivity index (χ1v) is 7.01. The minimum atomic E-state index is -0.913. The topological polar surface area (TPSA) is 76.1 Å². The third-order valence-electron chi connectivity index (χ3n) is 3.12. The van der Waals surface area contributed by atoms with E-state index in [0.717, 1.165) is 0 Å². The van der Waals surface area contributed by atoms with E-state index in [4.69, 9.17) is 14.6 Å². The van der Waals surface area contributed by atoms with Crippen molar-refractivity contribution in [1.82, 2.24) is 4.90 Å². The van der Waals surface area contributed by atoms with Crippen molar-refractivity contribution in [1.29, 1.82) is 0 Å². The van der Waals surface area contributed by atoms with Gasteiger partial charge in [0.05, 0.1) is 18.6 Å². The summed E-state index contributed by atoms with van der Waals surface area (Å²) >= 11 is 0. The number of hydrogen-bond donors (Lipinski definition) is 1. The standard InChI is InChI=1S/C14H25NO5/c1-5-19-14(9-11(16)17)7-6-8-15(10-14)12(18)20-13(2,3)4/h5-10H2,1-4H3,(H,16,17). The average Bonchev–Trinajstić information content (AvgIpc) is 2.26. The predicted octanol–water partition coefficient (Wildman–Crippen LogP) is 2.27. The number of amides is 1. The van der Waals surface area contributed by atoms with Crippen molar-refractivity contribution >= 4 is 12.1 Å². The molecule has 0 aromatic heterocycles. The second kappa shape index (κ2) is 6.43. The van der Waals surface area contributed by atoms with E-state index < -0.39 is 23.3 Å². The Morgan fingerprint density at radius 1 is 1.35 bits per heavy atom. The van der Waals surface area contributed by atoms with Gasteiger partial charge in [-0.15, -0.1) is 0 Å². The molecule has 0 spiro atoms. The summed E-state index contributed by atoms with van der Waals surface area (Å²) in [5.41, 5.74) is -1.36. The largest absolute Gasteiger partial charge is 0.481 e. The molecule has 1 heterocycles. The Labute approximate surface area is 120 Å². The van der Waals surface area contributed by atoms with Crippen molar-refractivity contribution in [3.05, 3.63) is 0 Å². The van der Waals surface area contributed by atoms with Crippen molar-refractivity contribution < 1.29 is 24.2 Å². The molecule has 1 amide bonds. The van der Waals surface area contributed by atoms with Crippen LogP contribution in [0.4, 0.5) is 4.79 Å². The van der Waals surface area contributed by atoms with E-state index in [1.54, 1.807) is 4.90 Å². The van der Waals surface area contributed by atoms with Crippen molar-refractivity contribution in [2.75, 3.05) is 19.7 Å². The molecule has 0 saturated carbocycles. The van der Waals surface area contributed by atoms with Crippen LogP contribution in [0, 0.1) is 0 Å². The molecule has 20 heavy (non-hydrogen) atoms. The quantitative estimate of drug-likeness (QED) is 0.858. The molecule has 0 bridgehead atoms. The van der Waals surface area contributed by atoms with Gasteiger partial charge in [-0.3, -0.25) is 4.79 Å². The highest BCUT2D eigenvalue weighted by atomic mass is 16.6. The fraction of sp³-hybridized carbons (Fsp3) is 0.857. The maximum atomic E-state index is 12.1. The van der Waals surface area contributed by atoms with E-state index in [0.29, 0.717) is 26.0 Å². The summed E-state index contributed by atoms with van der Waals surface area (Å²) in [6.45, 7) is 8.52. The summed E-state index contributed by atoms with van der Waals surface area (Å²) in [7, 11) is 0. The molecule has 116 valence electrons. The molecule has 0 aromatic carbocycles. The van der Waals surface area contributed by atoms with Crippen molar-refractivity contribution in [2.24, 2.45) is 0 Å². The number of ether oxygens (including phenoxy) is 2. The lowest BCUT2D eigenvalue weighted by Crippen LogP contribution is -2.53. The zero-order valence-corrected chi connectivity index (χ0v) is 12.8. The van der Waals surface area contributed by atoms with Gasteiger partial charge in [-0.25, -0.2) is 4.79 Å². The van der Waals surface area contributed by atoms with Crippen LogP contribution >= 0.6 is 0 Å². The van der Waals surface area contributed by atoms with Crippen LogP contribution in [0.2, 0.25) is 0 Å². The number of carboxylic acid groups (broad SMARTS) is 1. The van der Waals surface area contributed by atoms with Gasteiger partial charge in [-0.1, -0.05) is 0 Å². The van der Waals surface area contributed by atoms with Gasteiger partial charge in [0.1, 0.15) is 5.60 Å². The molecule has 1 aliphatic rings. The lowest BCUT2D eigenvalue weighted by Gasteiger charge is -2.41. The number of aliphatic carboxylic acids is 1. The molecule has 1 N–H and O–H groups in total. The smallest absolute Gasteiger partial charge is 0.410 e. The van der Waals surface area contributed by atoms with Crippen LogP contribution in [0.3, 0.4) is 0 Å². The van der Waals surface area contributed by atoms with E-state index in [2.05, 4.69) is 0 Å². The van der Waals surface area contributed by atoms with Crippen molar-refractivity contribution in [3.8, 4) is 0 Å². The lowest BCUT2D eigenvalue weighted by atomic mass is 9.89. The van der Waals surface area contributed by atoms with Crippen LogP contribution in [0.15, 0.2) is 0 Å². The Kier molecular flexibility index (Phi) is 5.39. The number of likely N-dealkylation sites (tertiary alicyclic amines) is 1. The van der Waals surface area contributed by atoms with Crippen LogP contribution in [0.5, 0.6) is 0 Å². The third kappa shape index (κ3) is 5.00. The van der Waals surface area contributed by atoms with Gasteiger partial charge < -0.3 is 19.5 Å². The van der Waals surface area contributed by atoms with Crippen LogP contribution in [-0.4, -0.2) is 53.0 Å². The van der Waals surface area contributed by atoms with Crippen LogP contribution in [0.1, 0.15) is 47.0 Å². The predicted molar refractivity (Wildman–Crippen MR) is 73.7 cm³/mol. The first-order chi connectivity index (χ1) is 9.17. The molecule has 0 aliphatic carbocycles. The third-order valence-corrected chi connectivity index (χ3v) is 3.12. The second-order valence-corrected chi connectivity index (χ2v) is 6.19. The van der Waals surface area contributed by atoms with Gasteiger partial charge in [0.25, 0.3) is 0 Å². The minimum absolute atomic E-state index is 0.0971. The monoisotopic (exact) mass is 287 g/mol. The number of piperidine rings is 1. The number of rotatable bonds is 4.